The summed E-state index contributed by atoms with van der Waals surface area (Å²) in [6.45, 7) is 5.46. The SMILES string of the molecule is CC(C)=CCC/C(C)=C/CCP(=O)(O)C(CNc1ccc(C(=O)O)cn1)P(=O)(O)O. The highest BCUT2D eigenvalue weighted by Gasteiger charge is 2.43. The summed E-state index contributed by atoms with van der Waals surface area (Å²) in [6.07, 6.45) is 6.65. The fraction of sp³-hybridized carbons (Fsp3) is 0.474. The Kier molecular flexibility index (Phi) is 10.1. The molecule has 0 radical (unpaired) electrons. The van der Waals surface area contributed by atoms with Gasteiger partial charge in [-0.1, -0.05) is 23.3 Å². The van der Waals surface area contributed by atoms with Crippen LogP contribution in [0.15, 0.2) is 41.6 Å². The molecule has 1 rings (SSSR count). The van der Waals surface area contributed by atoms with Gasteiger partial charge in [0.05, 0.1) is 5.56 Å². The van der Waals surface area contributed by atoms with E-state index in [1.165, 1.54) is 17.7 Å². The fourth-order valence-electron chi connectivity index (χ4n) is 2.65. The molecule has 1 heterocycles. The normalized spacial score (nSPS) is 15.2. The number of carboxylic acids is 1. The minimum atomic E-state index is -4.88. The lowest BCUT2D eigenvalue weighted by Gasteiger charge is -2.24. The van der Waals surface area contributed by atoms with Crippen LogP contribution in [0.25, 0.3) is 0 Å². The first-order valence-electron chi connectivity index (χ1n) is 9.42. The maximum Gasteiger partial charge on any atom is 0.340 e. The van der Waals surface area contributed by atoms with Crippen LogP contribution in [0.3, 0.4) is 0 Å². The fourth-order valence-corrected chi connectivity index (χ4v) is 6.38. The van der Waals surface area contributed by atoms with E-state index in [4.69, 9.17) is 5.11 Å². The molecule has 1 aromatic heterocycles. The van der Waals surface area contributed by atoms with Crippen LogP contribution in [0.4, 0.5) is 5.82 Å². The molecule has 0 saturated carbocycles. The maximum atomic E-state index is 12.7. The maximum absolute atomic E-state index is 12.7. The van der Waals surface area contributed by atoms with E-state index in [-0.39, 0.29) is 24.0 Å². The van der Waals surface area contributed by atoms with Gasteiger partial charge in [-0.05, 0) is 52.2 Å². The van der Waals surface area contributed by atoms with Crippen molar-refractivity contribution in [2.75, 3.05) is 18.0 Å². The number of nitrogens with zero attached hydrogens (tertiary/aromatic N) is 1. The zero-order chi connectivity index (χ0) is 22.9. The Balaban J connectivity index is 2.76. The number of anilines is 1. The van der Waals surface area contributed by atoms with Crippen molar-refractivity contribution in [2.45, 2.75) is 45.4 Å². The number of aromatic nitrogens is 1. The molecule has 5 N–H and O–H groups in total. The number of hydrogen-bond donors (Lipinski definition) is 5. The smallest absolute Gasteiger partial charge is 0.340 e. The number of carboxylic acid groups (broad SMARTS) is 1. The van der Waals surface area contributed by atoms with E-state index >= 15 is 0 Å². The summed E-state index contributed by atoms with van der Waals surface area (Å²) in [6, 6.07) is 2.59. The molecule has 0 spiro atoms. The molecule has 1 aromatic rings. The molecule has 0 aliphatic rings. The van der Waals surface area contributed by atoms with E-state index in [1.54, 1.807) is 0 Å². The summed E-state index contributed by atoms with van der Waals surface area (Å²) < 4.78 is 24.5. The first-order chi connectivity index (χ1) is 13.8. The predicted octanol–water partition coefficient (Wildman–Crippen LogP) is 4.05. The molecule has 2 atom stereocenters. The van der Waals surface area contributed by atoms with E-state index < -0.39 is 32.9 Å². The molecule has 0 fully saturated rings. The van der Waals surface area contributed by atoms with E-state index in [1.807, 2.05) is 26.8 Å². The molecule has 2 unspecified atom stereocenters. The van der Waals surface area contributed by atoms with Crippen molar-refractivity contribution < 1.29 is 33.7 Å². The van der Waals surface area contributed by atoms with Crippen LogP contribution in [0.2, 0.25) is 0 Å². The minimum absolute atomic E-state index is 0.0494. The van der Waals surface area contributed by atoms with E-state index in [0.717, 1.165) is 24.6 Å². The second kappa shape index (κ2) is 11.6. The van der Waals surface area contributed by atoms with Gasteiger partial charge in [0.15, 0.2) is 5.40 Å². The molecule has 9 nitrogen and oxygen atoms in total. The Morgan fingerprint density at radius 2 is 1.80 bits per heavy atom. The van der Waals surface area contributed by atoms with Gasteiger partial charge in [0.1, 0.15) is 5.82 Å². The topological polar surface area (TPSA) is 157 Å². The molecule has 0 aromatic carbocycles. The van der Waals surface area contributed by atoms with Gasteiger partial charge in [-0.2, -0.15) is 0 Å². The highest BCUT2D eigenvalue weighted by atomic mass is 31.2. The lowest BCUT2D eigenvalue weighted by molar-refractivity contribution is 0.0696. The molecule has 168 valence electrons. The van der Waals surface area contributed by atoms with Gasteiger partial charge in [-0.25, -0.2) is 9.78 Å². The molecule has 0 saturated heterocycles. The van der Waals surface area contributed by atoms with Crippen molar-refractivity contribution in [1.82, 2.24) is 4.98 Å². The number of pyridine rings is 1. The number of aromatic carboxylic acids is 1. The van der Waals surface area contributed by atoms with Crippen LogP contribution in [-0.4, -0.2) is 48.8 Å². The van der Waals surface area contributed by atoms with Crippen LogP contribution in [-0.2, 0) is 9.13 Å². The van der Waals surface area contributed by atoms with Crippen molar-refractivity contribution in [1.29, 1.82) is 0 Å². The molecule has 11 heteroatoms. The first kappa shape index (κ1) is 26.3. The average Bonchev–Trinajstić information content (AvgIpc) is 2.60. The monoisotopic (exact) mass is 460 g/mol. The van der Waals surface area contributed by atoms with E-state index in [2.05, 4.69) is 16.4 Å². The molecule has 0 aliphatic carbocycles. The van der Waals surface area contributed by atoms with Gasteiger partial charge >= 0.3 is 13.6 Å². The van der Waals surface area contributed by atoms with Crippen molar-refractivity contribution >= 4 is 26.8 Å². The van der Waals surface area contributed by atoms with Crippen LogP contribution >= 0.6 is 15.0 Å². The lowest BCUT2D eigenvalue weighted by Crippen LogP contribution is -2.22. The van der Waals surface area contributed by atoms with Gasteiger partial charge in [-0.3, -0.25) is 9.13 Å². The second-order valence-electron chi connectivity index (χ2n) is 7.33. The van der Waals surface area contributed by atoms with Crippen molar-refractivity contribution in [3.63, 3.8) is 0 Å². The van der Waals surface area contributed by atoms with Gasteiger partial charge in [0.2, 0.25) is 7.37 Å². The Labute approximate surface area is 176 Å². The average molecular weight is 460 g/mol. The van der Waals surface area contributed by atoms with Crippen molar-refractivity contribution in [3.8, 4) is 0 Å². The van der Waals surface area contributed by atoms with Crippen LogP contribution in [0, 0.1) is 0 Å². The van der Waals surface area contributed by atoms with Crippen molar-refractivity contribution in [2.24, 2.45) is 0 Å². The summed E-state index contributed by atoms with van der Waals surface area (Å²) in [5.41, 5.74) is 2.21. The number of carbonyl (C=O) groups is 1. The zero-order valence-corrected chi connectivity index (χ0v) is 19.1. The standard InChI is InChI=1S/C19H30N2O7P2/c1-14(2)6-4-7-15(3)8-5-11-29(24,25)18(30(26,27)28)13-21-17-10-9-16(12-20-17)19(22)23/h6,8-10,12,18H,4-5,7,11,13H2,1-3H3,(H,20,21)(H,22,23)(H,24,25)(H2,26,27,28)/b15-8+. The van der Waals surface area contributed by atoms with Gasteiger partial charge in [0.25, 0.3) is 0 Å². The van der Waals surface area contributed by atoms with Gasteiger partial charge in [-0.15, -0.1) is 0 Å². The summed E-state index contributed by atoms with van der Waals surface area (Å²) in [5.74, 6) is -1.01. The van der Waals surface area contributed by atoms with Crippen LogP contribution in [0.1, 0.15) is 50.4 Å². The lowest BCUT2D eigenvalue weighted by atomic mass is 10.1. The molecule has 0 aliphatic heterocycles. The highest BCUT2D eigenvalue weighted by Crippen LogP contribution is 2.62. The molecular weight excluding hydrogens is 430 g/mol. The summed E-state index contributed by atoms with van der Waals surface area (Å²) in [7, 11) is -9.07. The summed E-state index contributed by atoms with van der Waals surface area (Å²) in [4.78, 5) is 44.2. The number of allylic oxidation sites excluding steroid dienone is 4. The zero-order valence-electron chi connectivity index (χ0n) is 17.4. The Morgan fingerprint density at radius 3 is 2.30 bits per heavy atom. The minimum Gasteiger partial charge on any atom is -0.478 e. The number of nitrogens with one attached hydrogen (secondary N) is 1. The Hall–Kier alpha value is -1.76. The van der Waals surface area contributed by atoms with Crippen LogP contribution < -0.4 is 5.32 Å². The first-order valence-corrected chi connectivity index (χ1v) is 13.0. The molecule has 0 bridgehead atoms. The van der Waals surface area contributed by atoms with Gasteiger partial charge < -0.3 is 25.1 Å². The van der Waals surface area contributed by atoms with E-state index in [9.17, 15) is 28.6 Å². The molecular formula is C19H30N2O7P2. The molecule has 0 amide bonds. The Morgan fingerprint density at radius 1 is 1.13 bits per heavy atom. The summed E-state index contributed by atoms with van der Waals surface area (Å²) in [5, 5.41) is 9.68. The Bertz CT molecular complexity index is 871. The second-order valence-corrected chi connectivity index (χ2v) is 12.1. The third kappa shape index (κ3) is 9.37. The van der Waals surface area contributed by atoms with Crippen LogP contribution in [0.5, 0.6) is 0 Å². The van der Waals surface area contributed by atoms with E-state index in [0.29, 0.717) is 0 Å². The largest absolute Gasteiger partial charge is 0.478 e. The number of rotatable bonds is 12. The third-order valence-electron chi connectivity index (χ3n) is 4.36. The van der Waals surface area contributed by atoms with Gasteiger partial charge in [0, 0.05) is 18.9 Å². The number of hydrogen-bond acceptors (Lipinski definition) is 5. The summed E-state index contributed by atoms with van der Waals surface area (Å²) >= 11 is 0. The molecule has 30 heavy (non-hydrogen) atoms. The third-order valence-corrected chi connectivity index (χ3v) is 9.32. The highest BCUT2D eigenvalue weighted by molar-refractivity contribution is 7.74. The van der Waals surface area contributed by atoms with Crippen molar-refractivity contribution in [3.05, 3.63) is 47.2 Å². The predicted molar refractivity (Wildman–Crippen MR) is 117 cm³/mol. The quantitative estimate of drug-likeness (QED) is 0.229.